The highest BCUT2D eigenvalue weighted by Gasteiger charge is 2.37. The first-order valence-corrected chi connectivity index (χ1v) is 6.80. The van der Waals surface area contributed by atoms with Gasteiger partial charge in [0, 0.05) is 6.42 Å². The third kappa shape index (κ3) is 3.60. The summed E-state index contributed by atoms with van der Waals surface area (Å²) in [4.78, 5) is 11.5. The van der Waals surface area contributed by atoms with E-state index in [-0.39, 0.29) is 5.76 Å². The molecule has 0 aliphatic carbocycles. The number of carbonyl (C=O) groups is 1. The number of hydrogen-bond acceptors (Lipinski definition) is 3. The van der Waals surface area contributed by atoms with Crippen molar-refractivity contribution in [2.45, 2.75) is 44.6 Å². The quantitative estimate of drug-likeness (QED) is 0.823. The molecular formula is C16H20O3. The van der Waals surface area contributed by atoms with Crippen LogP contribution in [0.25, 0.3) is 0 Å². The second kappa shape index (κ2) is 5.91. The van der Waals surface area contributed by atoms with Gasteiger partial charge in [-0.05, 0) is 24.8 Å². The summed E-state index contributed by atoms with van der Waals surface area (Å²) >= 11 is 0. The predicted octanol–water partition coefficient (Wildman–Crippen LogP) is 3.55. The number of hydrogen-bond donors (Lipinski definition) is 1. The van der Waals surface area contributed by atoms with Crippen LogP contribution in [0.15, 0.2) is 42.2 Å². The van der Waals surface area contributed by atoms with Crippen LogP contribution in [0, 0.1) is 0 Å². The lowest BCUT2D eigenvalue weighted by Crippen LogP contribution is -2.38. The first-order valence-electron chi connectivity index (χ1n) is 6.80. The number of carbonyl (C=O) groups excluding carboxylic acids is 1. The summed E-state index contributed by atoms with van der Waals surface area (Å²) in [6.07, 6.45) is 4.91. The van der Waals surface area contributed by atoms with Crippen LogP contribution in [0.2, 0.25) is 0 Å². The van der Waals surface area contributed by atoms with E-state index in [1.165, 1.54) is 11.6 Å². The van der Waals surface area contributed by atoms with Crippen molar-refractivity contribution in [3.05, 3.63) is 47.7 Å². The molecule has 3 heteroatoms. The molecule has 102 valence electrons. The van der Waals surface area contributed by atoms with Gasteiger partial charge in [0.05, 0.1) is 6.08 Å². The maximum absolute atomic E-state index is 11.5. The zero-order valence-electron chi connectivity index (χ0n) is 11.3. The van der Waals surface area contributed by atoms with Crippen molar-refractivity contribution in [2.24, 2.45) is 0 Å². The number of rotatable bonds is 5. The summed E-state index contributed by atoms with van der Waals surface area (Å²) in [6.45, 7) is 2.06. The number of aliphatic hydroxyl groups is 1. The minimum absolute atomic E-state index is 0.137. The highest BCUT2D eigenvalue weighted by Crippen LogP contribution is 2.34. The predicted molar refractivity (Wildman–Crippen MR) is 73.8 cm³/mol. The number of benzene rings is 1. The summed E-state index contributed by atoms with van der Waals surface area (Å²) < 4.78 is 5.53. The molecule has 0 fully saturated rings. The molecule has 1 aliphatic heterocycles. The van der Waals surface area contributed by atoms with Crippen LogP contribution in [-0.4, -0.2) is 16.7 Å². The number of aliphatic hydroxyl groups excluding tert-OH is 1. The summed E-state index contributed by atoms with van der Waals surface area (Å²) in [5.74, 6) is -0.289. The summed E-state index contributed by atoms with van der Waals surface area (Å²) in [5.41, 5.74) is 0.684. The van der Waals surface area contributed by atoms with Gasteiger partial charge in [-0.15, -0.1) is 0 Å². The van der Waals surface area contributed by atoms with Crippen LogP contribution >= 0.6 is 0 Å². The Labute approximate surface area is 113 Å². The molecule has 0 bridgehead atoms. The lowest BCUT2D eigenvalue weighted by atomic mass is 9.85. The fraction of sp³-hybridized carbons (Fsp3) is 0.438. The monoisotopic (exact) mass is 260 g/mol. The van der Waals surface area contributed by atoms with Gasteiger partial charge in [-0.3, -0.25) is 0 Å². The van der Waals surface area contributed by atoms with E-state index in [0.717, 1.165) is 25.7 Å². The Bertz CT molecular complexity index is 464. The van der Waals surface area contributed by atoms with Crippen LogP contribution in [0.1, 0.15) is 38.2 Å². The van der Waals surface area contributed by atoms with Gasteiger partial charge in [0.25, 0.3) is 0 Å². The average molecular weight is 260 g/mol. The Morgan fingerprint density at radius 2 is 2.00 bits per heavy atom. The Kier molecular flexibility index (Phi) is 4.25. The van der Waals surface area contributed by atoms with Crippen molar-refractivity contribution < 1.29 is 14.6 Å². The van der Waals surface area contributed by atoms with Gasteiger partial charge in [-0.1, -0.05) is 43.7 Å². The zero-order chi connectivity index (χ0) is 13.7. The fourth-order valence-corrected chi connectivity index (χ4v) is 2.67. The van der Waals surface area contributed by atoms with Crippen LogP contribution in [0.4, 0.5) is 0 Å². The summed E-state index contributed by atoms with van der Waals surface area (Å²) in [6, 6.07) is 10.1. The highest BCUT2D eigenvalue weighted by atomic mass is 16.6. The standard InChI is InChI=1S/C16H20O3/c1-2-9-16(12-14(17)11-15(18)19-16)10-8-13-6-4-3-5-7-13/h3-7,11,17H,2,8-10,12H2,1H3. The molecular weight excluding hydrogens is 240 g/mol. The van der Waals surface area contributed by atoms with E-state index in [0.29, 0.717) is 6.42 Å². The van der Waals surface area contributed by atoms with Gasteiger partial charge < -0.3 is 9.84 Å². The van der Waals surface area contributed by atoms with Crippen molar-refractivity contribution in [1.29, 1.82) is 0 Å². The molecule has 3 nitrogen and oxygen atoms in total. The van der Waals surface area contributed by atoms with Crippen molar-refractivity contribution in [3.8, 4) is 0 Å². The fourth-order valence-electron chi connectivity index (χ4n) is 2.67. The van der Waals surface area contributed by atoms with E-state index in [9.17, 15) is 9.90 Å². The number of ether oxygens (including phenoxy) is 1. The van der Waals surface area contributed by atoms with Crippen molar-refractivity contribution >= 4 is 5.97 Å². The maximum Gasteiger partial charge on any atom is 0.334 e. The molecule has 0 amide bonds. The van der Waals surface area contributed by atoms with Crippen LogP contribution < -0.4 is 0 Å². The molecule has 0 saturated heterocycles. The highest BCUT2D eigenvalue weighted by molar-refractivity contribution is 5.83. The van der Waals surface area contributed by atoms with E-state index in [1.54, 1.807) is 0 Å². The lowest BCUT2D eigenvalue weighted by Gasteiger charge is -2.35. The van der Waals surface area contributed by atoms with Gasteiger partial charge >= 0.3 is 5.97 Å². The van der Waals surface area contributed by atoms with Gasteiger partial charge in [-0.25, -0.2) is 4.79 Å². The third-order valence-corrected chi connectivity index (χ3v) is 3.52. The van der Waals surface area contributed by atoms with E-state index in [1.807, 2.05) is 18.2 Å². The smallest absolute Gasteiger partial charge is 0.334 e. The Balaban J connectivity index is 2.08. The van der Waals surface area contributed by atoms with Gasteiger partial charge in [0.1, 0.15) is 11.4 Å². The molecule has 19 heavy (non-hydrogen) atoms. The first-order chi connectivity index (χ1) is 9.13. The second-order valence-electron chi connectivity index (χ2n) is 5.15. The molecule has 1 aromatic rings. The van der Waals surface area contributed by atoms with Crippen molar-refractivity contribution in [3.63, 3.8) is 0 Å². The van der Waals surface area contributed by atoms with E-state index >= 15 is 0 Å². The van der Waals surface area contributed by atoms with Crippen LogP contribution in [0.3, 0.4) is 0 Å². The molecule has 1 heterocycles. The number of esters is 1. The van der Waals surface area contributed by atoms with E-state index < -0.39 is 11.6 Å². The summed E-state index contributed by atoms with van der Waals surface area (Å²) in [5, 5.41) is 9.70. The van der Waals surface area contributed by atoms with Crippen LogP contribution in [0.5, 0.6) is 0 Å². The first kappa shape index (κ1) is 13.7. The number of aryl methyl sites for hydroxylation is 1. The Morgan fingerprint density at radius 3 is 2.63 bits per heavy atom. The third-order valence-electron chi connectivity index (χ3n) is 3.52. The topological polar surface area (TPSA) is 46.5 Å². The molecule has 1 aliphatic rings. The SMILES string of the molecule is CCCC1(CCc2ccccc2)CC(O)=CC(=O)O1. The van der Waals surface area contributed by atoms with Gasteiger partial charge in [0.15, 0.2) is 0 Å². The van der Waals surface area contributed by atoms with Crippen molar-refractivity contribution in [2.75, 3.05) is 0 Å². The van der Waals surface area contributed by atoms with Gasteiger partial charge in [-0.2, -0.15) is 0 Å². The largest absolute Gasteiger partial charge is 0.512 e. The molecule has 1 aromatic carbocycles. The van der Waals surface area contributed by atoms with Crippen molar-refractivity contribution in [1.82, 2.24) is 0 Å². The molecule has 2 rings (SSSR count). The molecule has 0 spiro atoms. The molecule has 0 aromatic heterocycles. The van der Waals surface area contributed by atoms with E-state index in [4.69, 9.17) is 4.74 Å². The van der Waals surface area contributed by atoms with Gasteiger partial charge in [0.2, 0.25) is 0 Å². The lowest BCUT2D eigenvalue weighted by molar-refractivity contribution is -0.158. The normalized spacial score (nSPS) is 22.8. The van der Waals surface area contributed by atoms with Crippen LogP contribution in [-0.2, 0) is 16.0 Å². The molecule has 1 atom stereocenters. The Morgan fingerprint density at radius 1 is 1.26 bits per heavy atom. The molecule has 0 saturated carbocycles. The molecule has 1 N–H and O–H groups in total. The Hall–Kier alpha value is -1.77. The van der Waals surface area contributed by atoms with E-state index in [2.05, 4.69) is 19.1 Å². The molecule has 1 unspecified atom stereocenters. The maximum atomic E-state index is 11.5. The second-order valence-corrected chi connectivity index (χ2v) is 5.15. The minimum atomic E-state index is -0.541. The zero-order valence-corrected chi connectivity index (χ0v) is 11.3. The number of cyclic esters (lactones) is 1. The summed E-state index contributed by atoms with van der Waals surface area (Å²) in [7, 11) is 0. The average Bonchev–Trinajstić information content (AvgIpc) is 2.37. The minimum Gasteiger partial charge on any atom is -0.512 e. The molecule has 0 radical (unpaired) electrons.